The van der Waals surface area contributed by atoms with Crippen LogP contribution in [0.1, 0.15) is 32.6 Å². The van der Waals surface area contributed by atoms with Gasteiger partial charge in [-0.2, -0.15) is 0 Å². The molecule has 1 aromatic heterocycles. The van der Waals surface area contributed by atoms with Gasteiger partial charge in [-0.15, -0.1) is 0 Å². The third kappa shape index (κ3) is 4.21. The molecule has 4 heteroatoms. The molecule has 0 spiro atoms. The maximum absolute atomic E-state index is 5.20. The molecular weight excluding hydrogens is 286 g/mol. The number of benzene rings is 1. The van der Waals surface area contributed by atoms with Gasteiger partial charge in [0.2, 0.25) is 5.95 Å². The Kier molecular flexibility index (Phi) is 5.11. The van der Waals surface area contributed by atoms with E-state index in [-0.39, 0.29) is 0 Å². The molecule has 1 aliphatic rings. The van der Waals surface area contributed by atoms with E-state index in [9.17, 15) is 0 Å². The van der Waals surface area contributed by atoms with Gasteiger partial charge in [0.25, 0.3) is 0 Å². The van der Waals surface area contributed by atoms with E-state index >= 15 is 0 Å². The minimum atomic E-state index is 0.719. The number of hydrogen-bond acceptors (Lipinski definition) is 4. The molecule has 0 amide bonds. The summed E-state index contributed by atoms with van der Waals surface area (Å²) >= 11 is 0. The summed E-state index contributed by atoms with van der Waals surface area (Å²) in [5, 5.41) is 3.42. The van der Waals surface area contributed by atoms with Crippen LogP contribution in [0.5, 0.6) is 5.75 Å². The number of hydrogen-bond donors (Lipinski definition) is 1. The molecule has 0 radical (unpaired) electrons. The Morgan fingerprint density at radius 2 is 2.00 bits per heavy atom. The summed E-state index contributed by atoms with van der Waals surface area (Å²) in [6.07, 6.45) is 7.17. The minimum absolute atomic E-state index is 0.719. The number of anilines is 1. The Bertz CT molecular complexity index is 627. The van der Waals surface area contributed by atoms with Gasteiger partial charge in [-0.1, -0.05) is 19.8 Å². The van der Waals surface area contributed by atoms with Crippen molar-refractivity contribution in [2.45, 2.75) is 32.6 Å². The van der Waals surface area contributed by atoms with Crippen molar-refractivity contribution < 1.29 is 4.74 Å². The highest BCUT2D eigenvalue weighted by Gasteiger charge is 2.18. The van der Waals surface area contributed by atoms with Gasteiger partial charge in [0.1, 0.15) is 5.75 Å². The van der Waals surface area contributed by atoms with Crippen LogP contribution in [-0.4, -0.2) is 23.6 Å². The predicted molar refractivity (Wildman–Crippen MR) is 93.6 cm³/mol. The van der Waals surface area contributed by atoms with Crippen molar-refractivity contribution in [3.05, 3.63) is 36.5 Å². The molecule has 1 fully saturated rings. The molecule has 23 heavy (non-hydrogen) atoms. The monoisotopic (exact) mass is 311 g/mol. The Hall–Kier alpha value is -2.10. The maximum atomic E-state index is 5.20. The zero-order valence-electron chi connectivity index (χ0n) is 14.0. The fraction of sp³-hybridized carbons (Fsp3) is 0.474. The number of nitrogens with zero attached hydrogens (tertiary/aromatic N) is 2. The van der Waals surface area contributed by atoms with Gasteiger partial charge in [-0.25, -0.2) is 9.97 Å². The molecule has 1 saturated carbocycles. The smallest absolute Gasteiger partial charge is 0.223 e. The van der Waals surface area contributed by atoms with Crippen molar-refractivity contribution in [1.82, 2.24) is 9.97 Å². The highest BCUT2D eigenvalue weighted by Crippen LogP contribution is 2.28. The number of nitrogens with one attached hydrogen (secondary N) is 1. The van der Waals surface area contributed by atoms with E-state index in [1.54, 1.807) is 7.11 Å². The Labute approximate surface area is 138 Å². The van der Waals surface area contributed by atoms with Gasteiger partial charge in [0, 0.05) is 18.3 Å². The first-order chi connectivity index (χ1) is 11.2. The third-order valence-corrected chi connectivity index (χ3v) is 4.64. The molecule has 4 nitrogen and oxygen atoms in total. The fourth-order valence-corrected chi connectivity index (χ4v) is 3.35. The Morgan fingerprint density at radius 3 is 2.74 bits per heavy atom. The standard InChI is InChI=1S/C19H25N3O/c1-14-4-3-5-15(12-14)13-21-19-20-11-10-18(22-19)16-6-8-17(23-2)9-7-16/h6-11,14-15H,3-5,12-13H2,1-2H3,(H,20,21,22). The fourth-order valence-electron chi connectivity index (χ4n) is 3.35. The number of aromatic nitrogens is 2. The summed E-state index contributed by atoms with van der Waals surface area (Å²) in [6, 6.07) is 9.89. The van der Waals surface area contributed by atoms with E-state index in [1.165, 1.54) is 25.7 Å². The van der Waals surface area contributed by atoms with Gasteiger partial charge in [-0.05, 0) is 55.0 Å². The van der Waals surface area contributed by atoms with Crippen molar-refractivity contribution >= 4 is 5.95 Å². The maximum Gasteiger partial charge on any atom is 0.223 e. The lowest BCUT2D eigenvalue weighted by Crippen LogP contribution is -2.21. The van der Waals surface area contributed by atoms with Crippen molar-refractivity contribution in [2.75, 3.05) is 19.0 Å². The minimum Gasteiger partial charge on any atom is -0.497 e. The zero-order valence-corrected chi connectivity index (χ0v) is 14.0. The molecule has 0 bridgehead atoms. The summed E-state index contributed by atoms with van der Waals surface area (Å²) in [7, 11) is 1.67. The number of ether oxygens (including phenoxy) is 1. The lowest BCUT2D eigenvalue weighted by molar-refractivity contribution is 0.293. The highest BCUT2D eigenvalue weighted by atomic mass is 16.5. The van der Waals surface area contributed by atoms with Crippen LogP contribution in [0.4, 0.5) is 5.95 Å². The van der Waals surface area contributed by atoms with Crippen molar-refractivity contribution in [3.8, 4) is 17.0 Å². The first-order valence-corrected chi connectivity index (χ1v) is 8.46. The zero-order chi connectivity index (χ0) is 16.1. The molecule has 1 N–H and O–H groups in total. The average molecular weight is 311 g/mol. The number of methoxy groups -OCH3 is 1. The van der Waals surface area contributed by atoms with Crippen LogP contribution in [-0.2, 0) is 0 Å². The highest BCUT2D eigenvalue weighted by molar-refractivity contribution is 5.60. The summed E-state index contributed by atoms with van der Waals surface area (Å²) < 4.78 is 5.20. The Morgan fingerprint density at radius 1 is 1.17 bits per heavy atom. The van der Waals surface area contributed by atoms with Crippen LogP contribution in [0.25, 0.3) is 11.3 Å². The molecule has 3 rings (SSSR count). The summed E-state index contributed by atoms with van der Waals surface area (Å²) in [4.78, 5) is 8.99. The van der Waals surface area contributed by atoms with Crippen molar-refractivity contribution in [3.63, 3.8) is 0 Å². The first-order valence-electron chi connectivity index (χ1n) is 8.46. The summed E-state index contributed by atoms with van der Waals surface area (Å²) in [5.41, 5.74) is 2.00. The molecule has 0 aliphatic heterocycles. The largest absolute Gasteiger partial charge is 0.497 e. The SMILES string of the molecule is COc1ccc(-c2ccnc(NCC3CCCC(C)C3)n2)cc1. The first kappa shape index (κ1) is 15.8. The van der Waals surface area contributed by atoms with Crippen LogP contribution < -0.4 is 10.1 Å². The molecule has 2 aromatic rings. The van der Waals surface area contributed by atoms with Crippen molar-refractivity contribution in [2.24, 2.45) is 11.8 Å². The Balaban J connectivity index is 1.64. The van der Waals surface area contributed by atoms with E-state index < -0.39 is 0 Å². The van der Waals surface area contributed by atoms with Crippen LogP contribution in [0.3, 0.4) is 0 Å². The van der Waals surface area contributed by atoms with Gasteiger partial charge >= 0.3 is 0 Å². The third-order valence-electron chi connectivity index (χ3n) is 4.64. The van der Waals surface area contributed by atoms with Gasteiger partial charge in [0.05, 0.1) is 12.8 Å². The van der Waals surface area contributed by atoms with Crippen LogP contribution >= 0.6 is 0 Å². The lowest BCUT2D eigenvalue weighted by atomic mass is 9.82. The van der Waals surface area contributed by atoms with E-state index in [1.807, 2.05) is 36.5 Å². The van der Waals surface area contributed by atoms with E-state index in [0.717, 1.165) is 41.3 Å². The summed E-state index contributed by atoms with van der Waals surface area (Å²) in [6.45, 7) is 3.32. The van der Waals surface area contributed by atoms with Gasteiger partial charge in [0.15, 0.2) is 0 Å². The normalized spacial score (nSPS) is 21.0. The van der Waals surface area contributed by atoms with E-state index in [2.05, 4.69) is 22.2 Å². The molecule has 2 atom stereocenters. The molecular formula is C19H25N3O. The average Bonchev–Trinajstić information content (AvgIpc) is 2.60. The lowest BCUT2D eigenvalue weighted by Gasteiger charge is -2.26. The molecule has 122 valence electrons. The van der Waals surface area contributed by atoms with E-state index in [0.29, 0.717) is 0 Å². The summed E-state index contributed by atoms with van der Waals surface area (Å²) in [5.74, 6) is 3.17. The van der Waals surface area contributed by atoms with Gasteiger partial charge in [-0.3, -0.25) is 0 Å². The molecule has 2 unspecified atom stereocenters. The topological polar surface area (TPSA) is 47.0 Å². The second kappa shape index (κ2) is 7.44. The van der Waals surface area contributed by atoms with Crippen LogP contribution in [0.2, 0.25) is 0 Å². The quantitative estimate of drug-likeness (QED) is 0.889. The molecule has 1 aromatic carbocycles. The second-order valence-electron chi connectivity index (χ2n) is 6.51. The van der Waals surface area contributed by atoms with Gasteiger partial charge < -0.3 is 10.1 Å². The molecule has 0 saturated heterocycles. The van der Waals surface area contributed by atoms with Crippen molar-refractivity contribution in [1.29, 1.82) is 0 Å². The van der Waals surface area contributed by atoms with Crippen LogP contribution in [0.15, 0.2) is 36.5 Å². The van der Waals surface area contributed by atoms with E-state index in [4.69, 9.17) is 4.74 Å². The molecule has 1 aliphatic carbocycles. The second-order valence-corrected chi connectivity index (χ2v) is 6.51. The number of rotatable bonds is 5. The predicted octanol–water partition coefficient (Wildman–Crippen LogP) is 4.39. The molecule has 1 heterocycles. The van der Waals surface area contributed by atoms with Crippen LogP contribution in [0, 0.1) is 11.8 Å².